The van der Waals surface area contributed by atoms with Crippen LogP contribution in [0, 0.1) is 13.8 Å². The smallest absolute Gasteiger partial charge is 0.416 e. The lowest BCUT2D eigenvalue weighted by atomic mass is 10.1. The van der Waals surface area contributed by atoms with Crippen molar-refractivity contribution in [2.75, 3.05) is 28.9 Å². The van der Waals surface area contributed by atoms with Gasteiger partial charge in [-0.3, -0.25) is 14.5 Å². The van der Waals surface area contributed by atoms with E-state index >= 15 is 0 Å². The van der Waals surface area contributed by atoms with E-state index in [0.717, 1.165) is 17.7 Å². The molecule has 0 saturated carbocycles. The third-order valence-electron chi connectivity index (χ3n) is 5.96. The number of carboxylic acid groups (broad SMARTS) is 1. The maximum atomic E-state index is 13.0. The van der Waals surface area contributed by atoms with E-state index in [1.807, 2.05) is 18.9 Å². The number of carboxylic acids is 1. The van der Waals surface area contributed by atoms with Crippen molar-refractivity contribution in [1.82, 2.24) is 4.68 Å². The molecule has 0 fully saturated rings. The van der Waals surface area contributed by atoms with Crippen LogP contribution in [-0.4, -0.2) is 40.7 Å². The van der Waals surface area contributed by atoms with Gasteiger partial charge in [0.05, 0.1) is 11.1 Å². The van der Waals surface area contributed by atoms with Gasteiger partial charge in [-0.25, -0.2) is 9.79 Å². The van der Waals surface area contributed by atoms with Gasteiger partial charge < -0.3 is 15.7 Å². The zero-order valence-corrected chi connectivity index (χ0v) is 19.8. The number of carbonyl (C=O) groups is 2. The van der Waals surface area contributed by atoms with Crippen molar-refractivity contribution in [2.24, 2.45) is 4.99 Å². The van der Waals surface area contributed by atoms with Crippen molar-refractivity contribution in [2.45, 2.75) is 26.9 Å². The Labute approximate surface area is 205 Å². The number of amides is 1. The number of alkyl halides is 3. The Balaban J connectivity index is 1.62. The molecule has 0 unspecified atom stereocenters. The van der Waals surface area contributed by atoms with Crippen LogP contribution in [0.3, 0.4) is 0 Å². The van der Waals surface area contributed by atoms with Crippen molar-refractivity contribution in [3.05, 3.63) is 82.2 Å². The molecular weight excluding hydrogens is 475 g/mol. The van der Waals surface area contributed by atoms with Crippen molar-refractivity contribution in [3.63, 3.8) is 0 Å². The number of nitrogens with one attached hydrogen (secondary N) is 2. The first-order valence-electron chi connectivity index (χ1n) is 11.1. The number of amidine groups is 1. The monoisotopic (exact) mass is 499 g/mol. The van der Waals surface area contributed by atoms with Gasteiger partial charge in [-0.2, -0.15) is 13.2 Å². The third-order valence-corrected chi connectivity index (χ3v) is 5.96. The summed E-state index contributed by atoms with van der Waals surface area (Å²) < 4.78 is 40.8. The minimum Gasteiger partial charge on any atom is -0.478 e. The number of benzene rings is 2. The number of halogens is 3. The molecule has 0 radical (unpaired) electrons. The average Bonchev–Trinajstić information content (AvgIpc) is 3.18. The van der Waals surface area contributed by atoms with Crippen LogP contribution in [0.15, 0.2) is 53.7 Å². The highest BCUT2D eigenvalue weighted by molar-refractivity contribution is 6.11. The van der Waals surface area contributed by atoms with E-state index in [-0.39, 0.29) is 16.8 Å². The van der Waals surface area contributed by atoms with Crippen LogP contribution in [0.5, 0.6) is 0 Å². The van der Waals surface area contributed by atoms with Crippen LogP contribution >= 0.6 is 0 Å². The summed E-state index contributed by atoms with van der Waals surface area (Å²) in [5, 5.41) is 17.2. The molecule has 1 aromatic heterocycles. The number of rotatable bonds is 5. The molecule has 188 valence electrons. The van der Waals surface area contributed by atoms with Gasteiger partial charge in [-0.15, -0.1) is 0 Å². The van der Waals surface area contributed by atoms with E-state index in [0.29, 0.717) is 36.0 Å². The fraction of sp³-hybridized carbons (Fsp3) is 0.240. The van der Waals surface area contributed by atoms with Crippen molar-refractivity contribution in [3.8, 4) is 0 Å². The standard InChI is InChI=1S/C25H24F3N5O3/c1-4-32-13-29-22(21-15(3)19(24(35)36)12-33(21)32)31-20-10-16(9-8-14(20)2)23(34)30-18-7-5-6-17(11-18)25(26,27)28/h5-12H,4,13H2,1-3H3,(H,29,31)(H,30,34)(H,35,36). The Hall–Kier alpha value is -4.28. The second-order valence-electron chi connectivity index (χ2n) is 8.32. The van der Waals surface area contributed by atoms with Gasteiger partial charge in [-0.05, 0) is 62.2 Å². The summed E-state index contributed by atoms with van der Waals surface area (Å²) >= 11 is 0. The van der Waals surface area contributed by atoms with Gasteiger partial charge >= 0.3 is 12.1 Å². The normalized spacial score (nSPS) is 13.2. The summed E-state index contributed by atoms with van der Waals surface area (Å²) in [4.78, 5) is 29.1. The lowest BCUT2D eigenvalue weighted by molar-refractivity contribution is -0.137. The van der Waals surface area contributed by atoms with Crippen LogP contribution < -0.4 is 15.6 Å². The topological polar surface area (TPSA) is 99.0 Å². The summed E-state index contributed by atoms with van der Waals surface area (Å²) in [6.07, 6.45) is -2.97. The van der Waals surface area contributed by atoms with Gasteiger partial charge in [0.2, 0.25) is 0 Å². The zero-order chi connectivity index (χ0) is 26.2. The number of hydrogen-bond donors (Lipinski definition) is 3. The Morgan fingerprint density at radius 1 is 1.14 bits per heavy atom. The highest BCUT2D eigenvalue weighted by atomic mass is 19.4. The molecule has 36 heavy (non-hydrogen) atoms. The molecule has 0 aliphatic carbocycles. The number of aromatic carboxylic acids is 1. The summed E-state index contributed by atoms with van der Waals surface area (Å²) in [5.41, 5.74) is 2.04. The van der Waals surface area contributed by atoms with Gasteiger partial charge in [-0.1, -0.05) is 12.1 Å². The molecule has 1 aliphatic rings. The van der Waals surface area contributed by atoms with Crippen molar-refractivity contribution in [1.29, 1.82) is 0 Å². The number of fused-ring (bicyclic) bond motifs is 1. The quantitative estimate of drug-likeness (QED) is 0.466. The van der Waals surface area contributed by atoms with E-state index in [4.69, 9.17) is 0 Å². The maximum Gasteiger partial charge on any atom is 0.416 e. The lowest BCUT2D eigenvalue weighted by Crippen LogP contribution is -2.41. The molecule has 0 atom stereocenters. The molecule has 4 rings (SSSR count). The van der Waals surface area contributed by atoms with E-state index in [2.05, 4.69) is 15.6 Å². The van der Waals surface area contributed by atoms with Gasteiger partial charge in [0.1, 0.15) is 12.4 Å². The number of aromatic nitrogens is 1. The predicted octanol–water partition coefficient (Wildman–Crippen LogP) is 4.86. The molecule has 11 heteroatoms. The summed E-state index contributed by atoms with van der Waals surface area (Å²) in [7, 11) is 0. The molecule has 8 nitrogen and oxygen atoms in total. The molecule has 2 aromatic carbocycles. The fourth-order valence-corrected chi connectivity index (χ4v) is 3.96. The first-order chi connectivity index (χ1) is 17.0. The minimum atomic E-state index is -4.52. The number of carbonyl (C=O) groups excluding carboxylic acids is 1. The minimum absolute atomic E-state index is 0.0240. The van der Waals surface area contributed by atoms with Gasteiger partial charge in [0, 0.05) is 29.7 Å². The average molecular weight is 499 g/mol. The predicted molar refractivity (Wildman–Crippen MR) is 130 cm³/mol. The molecule has 1 aliphatic heterocycles. The molecule has 0 bridgehead atoms. The van der Waals surface area contributed by atoms with Gasteiger partial charge in [0.15, 0.2) is 5.84 Å². The zero-order valence-electron chi connectivity index (χ0n) is 19.8. The molecular formula is C25H24F3N5O3. The molecule has 3 N–H and O–H groups in total. The van der Waals surface area contributed by atoms with Crippen LogP contribution in [0.25, 0.3) is 0 Å². The van der Waals surface area contributed by atoms with Crippen LogP contribution in [-0.2, 0) is 6.18 Å². The second kappa shape index (κ2) is 9.40. The summed E-state index contributed by atoms with van der Waals surface area (Å²) in [6.45, 7) is 6.38. The fourth-order valence-electron chi connectivity index (χ4n) is 3.96. The first kappa shape index (κ1) is 24.8. The summed E-state index contributed by atoms with van der Waals surface area (Å²) in [6, 6.07) is 9.27. The van der Waals surface area contributed by atoms with Crippen LogP contribution in [0.2, 0.25) is 0 Å². The van der Waals surface area contributed by atoms with Gasteiger partial charge in [0.25, 0.3) is 5.91 Å². The number of aliphatic imine (C=N–C) groups is 1. The third kappa shape index (κ3) is 4.77. The van der Waals surface area contributed by atoms with Crippen LogP contribution in [0.1, 0.15) is 50.0 Å². The Kier molecular flexibility index (Phi) is 6.49. The van der Waals surface area contributed by atoms with Crippen molar-refractivity contribution >= 4 is 29.1 Å². The molecule has 1 amide bonds. The van der Waals surface area contributed by atoms with E-state index in [9.17, 15) is 27.9 Å². The first-order valence-corrected chi connectivity index (χ1v) is 11.1. The maximum absolute atomic E-state index is 13.0. The lowest BCUT2D eigenvalue weighted by Gasteiger charge is -2.30. The largest absolute Gasteiger partial charge is 0.478 e. The molecule has 2 heterocycles. The number of anilines is 2. The summed E-state index contributed by atoms with van der Waals surface area (Å²) in [5.74, 6) is -1.18. The van der Waals surface area contributed by atoms with E-state index < -0.39 is 23.6 Å². The molecule has 0 saturated heterocycles. The second-order valence-corrected chi connectivity index (χ2v) is 8.32. The highest BCUT2D eigenvalue weighted by Gasteiger charge is 2.30. The van der Waals surface area contributed by atoms with E-state index in [1.54, 1.807) is 36.0 Å². The molecule has 0 spiro atoms. The molecule has 3 aromatic rings. The Bertz CT molecular complexity index is 1380. The van der Waals surface area contributed by atoms with E-state index in [1.165, 1.54) is 12.1 Å². The number of hydrogen-bond acceptors (Lipinski definition) is 5. The van der Waals surface area contributed by atoms with Crippen LogP contribution in [0.4, 0.5) is 24.5 Å². The Morgan fingerprint density at radius 2 is 1.89 bits per heavy atom. The Morgan fingerprint density at radius 3 is 2.56 bits per heavy atom. The highest BCUT2D eigenvalue weighted by Crippen LogP contribution is 2.31. The number of nitrogens with zero attached hydrogens (tertiary/aromatic N) is 3. The SMILES string of the molecule is CCN1CN=C(Nc2cc(C(=O)Nc3cccc(C(F)(F)F)c3)ccc2C)c2c(C)c(C(=O)O)cn21. The van der Waals surface area contributed by atoms with Crippen molar-refractivity contribution < 1.29 is 27.9 Å². The number of aryl methyl sites for hydroxylation is 1.